The summed E-state index contributed by atoms with van der Waals surface area (Å²) >= 11 is 7.06. The molecule has 2 aromatic carbocycles. The lowest BCUT2D eigenvalue weighted by Gasteiger charge is -2.22. The van der Waals surface area contributed by atoms with Crippen molar-refractivity contribution in [1.82, 2.24) is 4.90 Å². The third-order valence-electron chi connectivity index (χ3n) is 4.53. The third-order valence-corrected chi connectivity index (χ3v) is 6.17. The number of carbonyl (C=O) groups excluding carboxylic acids is 2. The molecule has 1 fully saturated rings. The topological polar surface area (TPSA) is 49.4 Å². The molecule has 0 aromatic heterocycles. The zero-order valence-corrected chi connectivity index (χ0v) is 15.2. The first-order chi connectivity index (χ1) is 12.8. The molecule has 4 rings (SSSR count). The van der Waals surface area contributed by atoms with Crippen LogP contribution in [0, 0.1) is 0 Å². The van der Waals surface area contributed by atoms with E-state index in [0.29, 0.717) is 11.3 Å². The number of amides is 2. The van der Waals surface area contributed by atoms with Gasteiger partial charge < -0.3 is 10.2 Å². The van der Waals surface area contributed by atoms with Gasteiger partial charge in [0.25, 0.3) is 5.91 Å². The van der Waals surface area contributed by atoms with Gasteiger partial charge in [0, 0.05) is 17.0 Å². The number of nitrogens with one attached hydrogen (secondary N) is 1. The second-order valence-electron chi connectivity index (χ2n) is 6.18. The van der Waals surface area contributed by atoms with Crippen molar-refractivity contribution in [2.75, 3.05) is 11.1 Å². The Labute approximate surface area is 161 Å². The molecule has 2 atom stereocenters. The first kappa shape index (κ1) is 18.2. The van der Waals surface area contributed by atoms with Crippen molar-refractivity contribution < 1.29 is 22.8 Å². The van der Waals surface area contributed by atoms with E-state index in [1.54, 1.807) is 12.1 Å². The summed E-state index contributed by atoms with van der Waals surface area (Å²) in [4.78, 5) is 26.8. The number of alkyl halides is 3. The molecule has 2 aliphatic heterocycles. The van der Waals surface area contributed by atoms with Crippen molar-refractivity contribution in [3.05, 3.63) is 64.2 Å². The minimum atomic E-state index is -4.63. The van der Waals surface area contributed by atoms with Crippen molar-refractivity contribution in [2.24, 2.45) is 0 Å². The first-order valence-electron chi connectivity index (χ1n) is 7.98. The van der Waals surface area contributed by atoms with Gasteiger partial charge in [0.2, 0.25) is 5.91 Å². The Hall–Kier alpha value is -2.19. The van der Waals surface area contributed by atoms with Crippen molar-refractivity contribution in [2.45, 2.75) is 17.6 Å². The molecule has 0 saturated carbocycles. The van der Waals surface area contributed by atoms with Crippen LogP contribution < -0.4 is 5.32 Å². The van der Waals surface area contributed by atoms with E-state index in [4.69, 9.17) is 11.6 Å². The number of thioether (sulfide) groups is 1. The van der Waals surface area contributed by atoms with Gasteiger partial charge in [-0.25, -0.2) is 0 Å². The van der Waals surface area contributed by atoms with Gasteiger partial charge in [0.05, 0.1) is 10.6 Å². The number of benzene rings is 2. The van der Waals surface area contributed by atoms with Crippen molar-refractivity contribution >= 4 is 40.9 Å². The Bertz CT molecular complexity index is 950. The molecule has 1 saturated heterocycles. The standard InChI is InChI=1S/C18H12ClF3N2O2S/c19-13-6-5-9(7-12(13)18(20,21)22)23-15(25)14-8-27-17-11-4-2-1-3-10(11)16(26)24(14)17/h1-7,14,17H,8H2,(H,23,25)/t14-,17+/m0/s1. The largest absolute Gasteiger partial charge is 0.417 e. The van der Waals surface area contributed by atoms with E-state index in [0.717, 1.165) is 17.7 Å². The molecule has 140 valence electrons. The van der Waals surface area contributed by atoms with Crippen LogP contribution in [0.3, 0.4) is 0 Å². The minimum Gasteiger partial charge on any atom is -0.324 e. The molecular formula is C18H12ClF3N2O2S. The number of rotatable bonds is 2. The molecule has 2 aromatic rings. The second-order valence-corrected chi connectivity index (χ2v) is 7.70. The normalized spacial score (nSPS) is 21.2. The highest BCUT2D eigenvalue weighted by molar-refractivity contribution is 7.99. The lowest BCUT2D eigenvalue weighted by molar-refractivity contribution is -0.137. The summed E-state index contributed by atoms with van der Waals surface area (Å²) < 4.78 is 39.0. The van der Waals surface area contributed by atoms with Gasteiger partial charge in [-0.2, -0.15) is 13.2 Å². The molecular weight excluding hydrogens is 401 g/mol. The smallest absolute Gasteiger partial charge is 0.324 e. The van der Waals surface area contributed by atoms with Crippen LogP contribution in [-0.2, 0) is 11.0 Å². The summed E-state index contributed by atoms with van der Waals surface area (Å²) in [6, 6.07) is 9.56. The number of hydrogen-bond donors (Lipinski definition) is 1. The number of nitrogens with zero attached hydrogens (tertiary/aromatic N) is 1. The van der Waals surface area contributed by atoms with Crippen LogP contribution in [0.25, 0.3) is 0 Å². The molecule has 2 aliphatic rings. The quantitative estimate of drug-likeness (QED) is 0.786. The molecule has 2 heterocycles. The molecule has 1 N–H and O–H groups in total. The Balaban J connectivity index is 1.56. The minimum absolute atomic E-state index is 0.0191. The molecule has 0 spiro atoms. The Kier molecular flexibility index (Phi) is 4.35. The maximum absolute atomic E-state index is 13.0. The van der Waals surface area contributed by atoms with Gasteiger partial charge in [0.1, 0.15) is 11.4 Å². The number of hydrogen-bond acceptors (Lipinski definition) is 3. The van der Waals surface area contributed by atoms with Crippen LogP contribution in [0.5, 0.6) is 0 Å². The van der Waals surface area contributed by atoms with Gasteiger partial charge >= 0.3 is 6.18 Å². The number of carbonyl (C=O) groups is 2. The van der Waals surface area contributed by atoms with Crippen LogP contribution >= 0.6 is 23.4 Å². The van der Waals surface area contributed by atoms with Crippen LogP contribution in [0.4, 0.5) is 18.9 Å². The molecule has 0 radical (unpaired) electrons. The third kappa shape index (κ3) is 3.06. The Morgan fingerprint density at radius 3 is 2.70 bits per heavy atom. The summed E-state index contributed by atoms with van der Waals surface area (Å²) in [6.45, 7) is 0. The summed E-state index contributed by atoms with van der Waals surface area (Å²) in [5.41, 5.74) is 0.367. The van der Waals surface area contributed by atoms with E-state index in [9.17, 15) is 22.8 Å². The Morgan fingerprint density at radius 2 is 1.96 bits per heavy atom. The van der Waals surface area contributed by atoms with Crippen molar-refractivity contribution in [1.29, 1.82) is 0 Å². The average molecular weight is 413 g/mol. The zero-order chi connectivity index (χ0) is 19.3. The fourth-order valence-electron chi connectivity index (χ4n) is 3.29. The summed E-state index contributed by atoms with van der Waals surface area (Å²) in [6.07, 6.45) is -4.63. The van der Waals surface area contributed by atoms with E-state index in [1.165, 1.54) is 22.7 Å². The van der Waals surface area contributed by atoms with Crippen LogP contribution in [0.1, 0.15) is 26.9 Å². The molecule has 0 aliphatic carbocycles. The average Bonchev–Trinajstić information content (AvgIpc) is 3.17. The first-order valence-corrected chi connectivity index (χ1v) is 9.41. The predicted octanol–water partition coefficient (Wildman–Crippen LogP) is 4.57. The second kappa shape index (κ2) is 6.45. The highest BCUT2D eigenvalue weighted by Gasteiger charge is 2.48. The number of anilines is 1. The van der Waals surface area contributed by atoms with E-state index in [1.807, 2.05) is 12.1 Å². The Morgan fingerprint density at radius 1 is 1.22 bits per heavy atom. The van der Waals surface area contributed by atoms with E-state index in [2.05, 4.69) is 5.32 Å². The molecule has 0 unspecified atom stereocenters. The van der Waals surface area contributed by atoms with Gasteiger partial charge in [-0.3, -0.25) is 9.59 Å². The summed E-state index contributed by atoms with van der Waals surface area (Å²) in [5.74, 6) is -0.398. The SMILES string of the molecule is O=C(Nc1ccc(Cl)c(C(F)(F)F)c1)[C@@H]1CS[C@@H]2c3ccccc3C(=O)N21. The maximum atomic E-state index is 13.0. The van der Waals surface area contributed by atoms with E-state index >= 15 is 0 Å². The molecule has 2 amide bonds. The lowest BCUT2D eigenvalue weighted by atomic mass is 10.1. The van der Waals surface area contributed by atoms with E-state index in [-0.39, 0.29) is 17.0 Å². The maximum Gasteiger partial charge on any atom is 0.417 e. The molecule has 4 nitrogen and oxygen atoms in total. The van der Waals surface area contributed by atoms with Crippen LogP contribution in [0.15, 0.2) is 42.5 Å². The molecule has 9 heteroatoms. The van der Waals surface area contributed by atoms with Gasteiger partial charge in [-0.05, 0) is 29.8 Å². The van der Waals surface area contributed by atoms with Gasteiger partial charge in [0.15, 0.2) is 0 Å². The fourth-order valence-corrected chi connectivity index (χ4v) is 4.98. The van der Waals surface area contributed by atoms with Crippen molar-refractivity contribution in [3.8, 4) is 0 Å². The summed E-state index contributed by atoms with van der Waals surface area (Å²) in [7, 11) is 0. The van der Waals surface area contributed by atoms with Gasteiger partial charge in [-0.15, -0.1) is 11.8 Å². The van der Waals surface area contributed by atoms with Crippen LogP contribution in [-0.4, -0.2) is 28.5 Å². The number of halogens is 4. The zero-order valence-electron chi connectivity index (χ0n) is 13.6. The molecule has 0 bridgehead atoms. The van der Waals surface area contributed by atoms with Gasteiger partial charge in [-0.1, -0.05) is 29.8 Å². The van der Waals surface area contributed by atoms with Crippen molar-refractivity contribution in [3.63, 3.8) is 0 Å². The fraction of sp³-hybridized carbons (Fsp3) is 0.222. The summed E-state index contributed by atoms with van der Waals surface area (Å²) in [5, 5.41) is 1.79. The highest BCUT2D eigenvalue weighted by atomic mass is 35.5. The lowest BCUT2D eigenvalue weighted by Crippen LogP contribution is -2.42. The monoisotopic (exact) mass is 412 g/mol. The highest BCUT2D eigenvalue weighted by Crippen LogP contribution is 2.48. The molecule has 27 heavy (non-hydrogen) atoms. The predicted molar refractivity (Wildman–Crippen MR) is 96.7 cm³/mol. The van der Waals surface area contributed by atoms with Crippen LogP contribution in [0.2, 0.25) is 5.02 Å². The van der Waals surface area contributed by atoms with E-state index < -0.39 is 28.7 Å². The number of fused-ring (bicyclic) bond motifs is 3.